The summed E-state index contributed by atoms with van der Waals surface area (Å²) < 4.78 is 10.6. The Morgan fingerprint density at radius 3 is 2.24 bits per heavy atom. The number of phenols is 1. The summed E-state index contributed by atoms with van der Waals surface area (Å²) in [5, 5.41) is 14.9. The largest absolute Gasteiger partial charge is 0.507 e. The number of ketones is 1. The van der Waals surface area contributed by atoms with Crippen LogP contribution in [0.2, 0.25) is 0 Å². The van der Waals surface area contributed by atoms with Gasteiger partial charge in [0.1, 0.15) is 17.2 Å². The minimum atomic E-state index is -0.777. The minimum absolute atomic E-state index is 0.00398. The number of amides is 2. The highest BCUT2D eigenvalue weighted by Gasteiger charge is 2.29. The van der Waals surface area contributed by atoms with Gasteiger partial charge in [0, 0.05) is 36.9 Å². The number of nitrogens with one attached hydrogen (secondary N) is 1. The molecule has 4 rings (SSSR count). The van der Waals surface area contributed by atoms with E-state index in [4.69, 9.17) is 9.47 Å². The second-order valence-electron chi connectivity index (χ2n) is 14.2. The molecule has 0 unspecified atom stereocenters. The quantitative estimate of drug-likeness (QED) is 0.127. The van der Waals surface area contributed by atoms with Crippen molar-refractivity contribution in [1.82, 2.24) is 10.3 Å². The highest BCUT2D eigenvalue weighted by Crippen LogP contribution is 2.35. The summed E-state index contributed by atoms with van der Waals surface area (Å²) >= 11 is 0. The van der Waals surface area contributed by atoms with Crippen molar-refractivity contribution in [2.75, 3.05) is 18.6 Å². The van der Waals surface area contributed by atoms with E-state index in [1.54, 1.807) is 39.1 Å². The molecule has 2 atom stereocenters. The van der Waals surface area contributed by atoms with Gasteiger partial charge in [0.05, 0.1) is 19.6 Å². The summed E-state index contributed by atoms with van der Waals surface area (Å²) in [6.07, 6.45) is 1.46. The van der Waals surface area contributed by atoms with Gasteiger partial charge in [-0.15, -0.1) is 0 Å². The molecule has 0 aliphatic heterocycles. The number of fused-ring (bicyclic) bond motifs is 1. The van der Waals surface area contributed by atoms with Crippen LogP contribution >= 0.6 is 0 Å². The fraction of sp³-hybridized carbons (Fsp3) is 0.390. The fourth-order valence-electron chi connectivity index (χ4n) is 5.98. The molecule has 270 valence electrons. The van der Waals surface area contributed by atoms with Crippen LogP contribution in [0.25, 0.3) is 21.9 Å². The van der Waals surface area contributed by atoms with E-state index in [9.17, 15) is 24.3 Å². The molecular weight excluding hydrogens is 646 g/mol. The smallest absolute Gasteiger partial charge is 0.416 e. The maximum absolute atomic E-state index is 13.8. The van der Waals surface area contributed by atoms with Gasteiger partial charge < -0.3 is 19.9 Å². The minimum Gasteiger partial charge on any atom is -0.507 e. The first kappa shape index (κ1) is 38.6. The molecule has 0 spiro atoms. The van der Waals surface area contributed by atoms with Gasteiger partial charge in [-0.1, -0.05) is 68.4 Å². The fourth-order valence-corrected chi connectivity index (χ4v) is 5.98. The van der Waals surface area contributed by atoms with Crippen molar-refractivity contribution < 1.29 is 33.8 Å². The van der Waals surface area contributed by atoms with Gasteiger partial charge in [-0.3, -0.25) is 19.3 Å². The number of rotatable bonds is 14. The van der Waals surface area contributed by atoms with Gasteiger partial charge >= 0.3 is 12.1 Å². The molecule has 0 radical (unpaired) electrons. The first-order chi connectivity index (χ1) is 24.2. The molecular formula is C41H49N3O7. The number of aromatic hydroxyl groups is 1. The number of carbonyl (C=O) groups is 4. The van der Waals surface area contributed by atoms with Crippen LogP contribution in [-0.2, 0) is 23.9 Å². The lowest BCUT2D eigenvalue weighted by molar-refractivity contribution is -0.141. The van der Waals surface area contributed by atoms with Crippen LogP contribution in [-0.4, -0.2) is 59.1 Å². The molecule has 2 amide bonds. The molecule has 0 saturated heterocycles. The lowest BCUT2D eigenvalue weighted by atomic mass is 9.85. The Bertz CT molecular complexity index is 1850. The van der Waals surface area contributed by atoms with Crippen molar-refractivity contribution in [2.45, 2.75) is 84.8 Å². The summed E-state index contributed by atoms with van der Waals surface area (Å²) in [6, 6.07) is 21.7. The summed E-state index contributed by atoms with van der Waals surface area (Å²) in [7, 11) is 1.32. The molecule has 10 heteroatoms. The number of hydrogen-bond acceptors (Lipinski definition) is 8. The van der Waals surface area contributed by atoms with Crippen molar-refractivity contribution in [3.05, 3.63) is 90.1 Å². The van der Waals surface area contributed by atoms with Crippen LogP contribution < -0.4 is 10.2 Å². The molecule has 0 aliphatic rings. The Hall–Kier alpha value is -5.25. The predicted octanol–water partition coefficient (Wildman–Crippen LogP) is 7.88. The monoisotopic (exact) mass is 695 g/mol. The highest BCUT2D eigenvalue weighted by molar-refractivity contribution is 6.00. The van der Waals surface area contributed by atoms with E-state index in [1.165, 1.54) is 12.0 Å². The number of benzene rings is 3. The number of aromatic nitrogens is 1. The summed E-state index contributed by atoms with van der Waals surface area (Å²) in [4.78, 5) is 58.3. The zero-order valence-electron chi connectivity index (χ0n) is 30.6. The molecule has 0 fully saturated rings. The Balaban J connectivity index is 1.45. The van der Waals surface area contributed by atoms with Gasteiger partial charge in [-0.05, 0) is 85.9 Å². The van der Waals surface area contributed by atoms with E-state index < -0.39 is 29.6 Å². The van der Waals surface area contributed by atoms with Gasteiger partial charge in [0.15, 0.2) is 5.78 Å². The third-order valence-corrected chi connectivity index (χ3v) is 8.59. The lowest BCUT2D eigenvalue weighted by Crippen LogP contribution is -2.45. The molecule has 10 nitrogen and oxygen atoms in total. The zero-order chi connectivity index (χ0) is 37.3. The van der Waals surface area contributed by atoms with E-state index in [1.807, 2.05) is 81.4 Å². The molecule has 3 aromatic carbocycles. The Kier molecular flexibility index (Phi) is 12.9. The SMILES string of the molecule is COC(=O)C[C@H](CC(=O)[C@@H](NC(=O)CCCN(C(=O)OC(C)(C)C)c1cc(C)ccn1)C(C)C)c1ccc(-c2ccc(O)c3ccccc23)cc1. The number of Topliss-reactive ketones (excluding diaryl/α,β-unsaturated/α-hetero) is 1. The van der Waals surface area contributed by atoms with E-state index >= 15 is 0 Å². The number of ether oxygens (including phenoxy) is 2. The van der Waals surface area contributed by atoms with Crippen LogP contribution in [0.1, 0.15) is 77.3 Å². The van der Waals surface area contributed by atoms with E-state index in [0.717, 1.165) is 33.0 Å². The molecule has 1 aromatic heterocycles. The first-order valence-electron chi connectivity index (χ1n) is 17.3. The van der Waals surface area contributed by atoms with Crippen LogP contribution in [0.5, 0.6) is 5.75 Å². The average molecular weight is 696 g/mol. The van der Waals surface area contributed by atoms with Crippen LogP contribution in [0.3, 0.4) is 0 Å². The molecule has 0 bridgehead atoms. The number of aryl methyl sites for hydroxylation is 1. The number of esters is 1. The number of phenolic OH excluding ortho intramolecular Hbond substituents is 1. The van der Waals surface area contributed by atoms with E-state index in [-0.39, 0.29) is 49.2 Å². The maximum atomic E-state index is 13.8. The number of anilines is 1. The Morgan fingerprint density at radius 1 is 0.922 bits per heavy atom. The zero-order valence-corrected chi connectivity index (χ0v) is 30.6. The third-order valence-electron chi connectivity index (χ3n) is 8.59. The predicted molar refractivity (Wildman–Crippen MR) is 199 cm³/mol. The van der Waals surface area contributed by atoms with Crippen molar-refractivity contribution in [2.24, 2.45) is 5.92 Å². The van der Waals surface area contributed by atoms with Crippen LogP contribution in [0.15, 0.2) is 79.0 Å². The van der Waals surface area contributed by atoms with Crippen molar-refractivity contribution in [1.29, 1.82) is 0 Å². The second kappa shape index (κ2) is 17.1. The number of pyridine rings is 1. The molecule has 0 aliphatic carbocycles. The summed E-state index contributed by atoms with van der Waals surface area (Å²) in [5.74, 6) is -1.00. The standard InChI is InChI=1S/C41H49N3O7/c1-26(2)39(43-37(47)13-10-22-44(40(49)51-41(4,5)6)36-23-27(3)20-21-42-36)35(46)24-30(25-38(48)50-7)28-14-16-29(17-15-28)31-18-19-34(45)33-12-9-8-11-32(31)33/h8-9,11-12,14-21,23,26,30,39,45H,10,13,22,24-25H2,1-7H3,(H,43,47)/t30-,39-/m0/s1. The number of nitrogens with zero attached hydrogens (tertiary/aromatic N) is 2. The van der Waals surface area contributed by atoms with Crippen molar-refractivity contribution >= 4 is 40.3 Å². The Labute approximate surface area is 300 Å². The highest BCUT2D eigenvalue weighted by atomic mass is 16.6. The molecule has 1 heterocycles. The van der Waals surface area contributed by atoms with Crippen molar-refractivity contribution in [3.8, 4) is 16.9 Å². The lowest BCUT2D eigenvalue weighted by Gasteiger charge is -2.27. The second-order valence-corrected chi connectivity index (χ2v) is 14.2. The van der Waals surface area contributed by atoms with Gasteiger partial charge in [-0.2, -0.15) is 0 Å². The normalized spacial score (nSPS) is 12.6. The number of carbonyl (C=O) groups excluding carboxylic acids is 4. The van der Waals surface area contributed by atoms with Crippen molar-refractivity contribution in [3.63, 3.8) is 0 Å². The maximum Gasteiger partial charge on any atom is 0.416 e. The molecule has 51 heavy (non-hydrogen) atoms. The number of methoxy groups -OCH3 is 1. The van der Waals surface area contributed by atoms with Gasteiger partial charge in [0.25, 0.3) is 0 Å². The van der Waals surface area contributed by atoms with E-state index in [0.29, 0.717) is 12.2 Å². The third kappa shape index (κ3) is 10.6. The topological polar surface area (TPSA) is 135 Å². The van der Waals surface area contributed by atoms with Gasteiger partial charge in [0.2, 0.25) is 5.91 Å². The molecule has 2 N–H and O–H groups in total. The summed E-state index contributed by atoms with van der Waals surface area (Å²) in [6.45, 7) is 11.2. The molecule has 0 saturated carbocycles. The summed E-state index contributed by atoms with van der Waals surface area (Å²) in [5.41, 5.74) is 2.88. The van der Waals surface area contributed by atoms with Crippen LogP contribution in [0.4, 0.5) is 10.6 Å². The average Bonchev–Trinajstić information content (AvgIpc) is 3.08. The number of hydrogen-bond donors (Lipinski definition) is 2. The first-order valence-corrected chi connectivity index (χ1v) is 17.3. The van der Waals surface area contributed by atoms with Crippen LogP contribution in [0, 0.1) is 12.8 Å². The van der Waals surface area contributed by atoms with E-state index in [2.05, 4.69) is 10.3 Å². The Morgan fingerprint density at radius 2 is 1.61 bits per heavy atom. The van der Waals surface area contributed by atoms with Gasteiger partial charge in [-0.25, -0.2) is 9.78 Å². The molecule has 4 aromatic rings.